The largest absolute Gasteiger partial charge is 0.295 e. The van der Waals surface area contributed by atoms with E-state index in [1.807, 2.05) is 30.0 Å². The molecule has 0 amide bonds. The predicted molar refractivity (Wildman–Crippen MR) is 89.1 cm³/mol. The molecule has 2 rings (SSSR count). The lowest BCUT2D eigenvalue weighted by molar-refractivity contribution is 0.482. The molecule has 1 atom stereocenters. The molecule has 1 heterocycles. The minimum atomic E-state index is -4.08. The Kier molecular flexibility index (Phi) is 6.27. The maximum atomic E-state index is 10.9. The molecule has 0 aliphatic heterocycles. The van der Waals surface area contributed by atoms with Gasteiger partial charge in [0.05, 0.1) is 4.90 Å². The normalized spacial score (nSPS) is 12.4. The highest BCUT2D eigenvalue weighted by molar-refractivity contribution is 7.86. The Morgan fingerprint density at radius 2 is 1.71 bits per heavy atom. The van der Waals surface area contributed by atoms with Gasteiger partial charge in [-0.25, -0.2) is 0 Å². The van der Waals surface area contributed by atoms with E-state index in [0.717, 1.165) is 10.5 Å². The van der Waals surface area contributed by atoms with E-state index in [2.05, 4.69) is 0 Å². The summed E-state index contributed by atoms with van der Waals surface area (Å²) in [4.78, 5) is 1.17. The molecule has 1 aromatic carbocycles. The first-order valence-corrected chi connectivity index (χ1v) is 10.1. The summed E-state index contributed by atoms with van der Waals surface area (Å²) in [6.07, 6.45) is 1.90. The first-order chi connectivity index (χ1) is 9.62. The van der Waals surface area contributed by atoms with Crippen molar-refractivity contribution in [1.82, 2.24) is 0 Å². The van der Waals surface area contributed by atoms with Crippen LogP contribution in [0.5, 0.6) is 0 Å². The third-order valence-corrected chi connectivity index (χ3v) is 5.66. The summed E-state index contributed by atoms with van der Waals surface area (Å²) in [6, 6.07) is 5.47. The van der Waals surface area contributed by atoms with Gasteiger partial charge in [-0.2, -0.15) is 19.8 Å². The molecular weight excluding hydrogens is 326 g/mol. The van der Waals surface area contributed by atoms with Gasteiger partial charge in [0, 0.05) is 10.3 Å². The number of hydrogen-bond donors (Lipinski definition) is 2. The van der Waals surface area contributed by atoms with Crippen molar-refractivity contribution < 1.29 is 13.0 Å². The molecule has 4 nitrogen and oxygen atoms in total. The standard InChI is InChI=1S/C9H12O3S.C5H7NS2/c1-6-4-7(2)9(8(3)5-6)13(10,11)12;1-8(6)5-2-3-7-4-5/h4-5H,1-3H3,(H,10,11,12);2-4,6H,1H3. The van der Waals surface area contributed by atoms with Gasteiger partial charge < -0.3 is 0 Å². The Labute approximate surface area is 132 Å². The third kappa shape index (κ3) is 5.35. The molecule has 0 saturated carbocycles. The van der Waals surface area contributed by atoms with Crippen LogP contribution in [0.15, 0.2) is 38.8 Å². The Balaban J connectivity index is 0.000000235. The van der Waals surface area contributed by atoms with Crippen LogP contribution in [0.2, 0.25) is 0 Å². The van der Waals surface area contributed by atoms with Crippen LogP contribution in [0.3, 0.4) is 0 Å². The quantitative estimate of drug-likeness (QED) is 0.808. The average molecular weight is 346 g/mol. The summed E-state index contributed by atoms with van der Waals surface area (Å²) in [5.41, 5.74) is 2.16. The summed E-state index contributed by atoms with van der Waals surface area (Å²) in [5, 5.41) is 4.03. The second-order valence-corrected chi connectivity index (χ2v) is 8.30. The van der Waals surface area contributed by atoms with Gasteiger partial charge in [-0.15, -0.1) is 0 Å². The van der Waals surface area contributed by atoms with Crippen LogP contribution in [0.4, 0.5) is 0 Å². The highest BCUT2D eigenvalue weighted by Gasteiger charge is 2.15. The fourth-order valence-corrected chi connectivity index (χ4v) is 4.55. The molecule has 116 valence electrons. The first-order valence-electron chi connectivity index (χ1n) is 6.07. The molecule has 21 heavy (non-hydrogen) atoms. The van der Waals surface area contributed by atoms with Crippen LogP contribution in [0.1, 0.15) is 16.7 Å². The summed E-state index contributed by atoms with van der Waals surface area (Å²) < 4.78 is 38.1. The van der Waals surface area contributed by atoms with Gasteiger partial charge in [-0.3, -0.25) is 9.33 Å². The number of aryl methyl sites for hydroxylation is 3. The summed E-state index contributed by atoms with van der Waals surface area (Å²) in [6.45, 7) is 5.22. The molecule has 7 heteroatoms. The van der Waals surface area contributed by atoms with Gasteiger partial charge in [0.15, 0.2) is 0 Å². The molecule has 0 spiro atoms. The molecule has 1 unspecified atom stereocenters. The zero-order valence-corrected chi connectivity index (χ0v) is 14.8. The fraction of sp³-hybridized carbons (Fsp3) is 0.286. The molecule has 0 bridgehead atoms. The van der Waals surface area contributed by atoms with Crippen LogP contribution in [0.25, 0.3) is 0 Å². The maximum Gasteiger partial charge on any atom is 0.295 e. The van der Waals surface area contributed by atoms with Crippen molar-refractivity contribution in [2.45, 2.75) is 30.6 Å². The minimum Gasteiger partial charge on any atom is -0.282 e. The fourth-order valence-electron chi connectivity index (χ4n) is 2.00. The van der Waals surface area contributed by atoms with Crippen molar-refractivity contribution in [1.29, 1.82) is 4.78 Å². The first kappa shape index (κ1) is 18.0. The monoisotopic (exact) mass is 345 g/mol. The summed E-state index contributed by atoms with van der Waals surface area (Å²) in [7, 11) is -4.37. The maximum absolute atomic E-state index is 10.9. The Morgan fingerprint density at radius 1 is 1.19 bits per heavy atom. The minimum absolute atomic E-state index is 0.0260. The number of thiophene rings is 1. The Bertz CT molecular complexity index is 712. The molecule has 2 N–H and O–H groups in total. The van der Waals surface area contributed by atoms with Gasteiger partial charge in [-0.05, 0) is 49.6 Å². The third-order valence-electron chi connectivity index (χ3n) is 2.71. The van der Waals surface area contributed by atoms with E-state index in [9.17, 15) is 8.42 Å². The Morgan fingerprint density at radius 3 is 2.00 bits per heavy atom. The van der Waals surface area contributed by atoms with E-state index in [4.69, 9.17) is 9.33 Å². The molecular formula is C14H19NO3S3. The molecule has 1 aromatic heterocycles. The second kappa shape index (κ2) is 7.31. The molecule has 0 saturated heterocycles. The zero-order chi connectivity index (χ0) is 16.2. The molecule has 2 aromatic rings. The highest BCUT2D eigenvalue weighted by atomic mass is 32.2. The smallest absolute Gasteiger partial charge is 0.282 e. The van der Waals surface area contributed by atoms with Gasteiger partial charge in [0.1, 0.15) is 0 Å². The van der Waals surface area contributed by atoms with Gasteiger partial charge >= 0.3 is 0 Å². The van der Waals surface area contributed by atoms with Crippen molar-refractivity contribution in [3.05, 3.63) is 45.6 Å². The van der Waals surface area contributed by atoms with Crippen LogP contribution in [-0.2, 0) is 20.8 Å². The van der Waals surface area contributed by atoms with Gasteiger partial charge in [0.2, 0.25) is 0 Å². The average Bonchev–Trinajstić information content (AvgIpc) is 2.78. The molecule has 0 fully saturated rings. The number of nitrogens with one attached hydrogen (secondary N) is 1. The second-order valence-electron chi connectivity index (χ2n) is 4.67. The van der Waals surface area contributed by atoms with Crippen molar-refractivity contribution in [2.75, 3.05) is 6.26 Å². The summed E-state index contributed by atoms with van der Waals surface area (Å²) in [5.74, 6) is 0. The molecule has 0 aliphatic rings. The van der Waals surface area contributed by atoms with Crippen molar-refractivity contribution in [3.8, 4) is 0 Å². The topological polar surface area (TPSA) is 78.2 Å². The highest BCUT2D eigenvalue weighted by Crippen LogP contribution is 2.20. The molecule has 0 aliphatic carbocycles. The van der Waals surface area contributed by atoms with Crippen molar-refractivity contribution in [3.63, 3.8) is 0 Å². The zero-order valence-electron chi connectivity index (χ0n) is 12.4. The van der Waals surface area contributed by atoms with E-state index < -0.39 is 10.1 Å². The number of benzene rings is 1. The summed E-state index contributed by atoms with van der Waals surface area (Å²) >= 11 is 1.65. The lowest BCUT2D eigenvalue weighted by Gasteiger charge is -2.07. The van der Waals surface area contributed by atoms with E-state index in [-0.39, 0.29) is 15.6 Å². The van der Waals surface area contributed by atoms with Crippen LogP contribution in [-0.4, -0.2) is 19.2 Å². The number of hydrogen-bond acceptors (Lipinski definition) is 4. The lowest BCUT2D eigenvalue weighted by atomic mass is 10.1. The van der Waals surface area contributed by atoms with Crippen LogP contribution in [0, 0.1) is 25.6 Å². The van der Waals surface area contributed by atoms with Gasteiger partial charge in [-0.1, -0.05) is 28.4 Å². The molecule has 0 radical (unpaired) electrons. The number of rotatable bonds is 2. The SMILES string of the molecule is CS(=N)c1ccsc1.Cc1cc(C)c(S(=O)(=O)O)c(C)c1. The van der Waals surface area contributed by atoms with Crippen LogP contribution < -0.4 is 0 Å². The van der Waals surface area contributed by atoms with Crippen molar-refractivity contribution in [2.24, 2.45) is 0 Å². The Hall–Kier alpha value is -1.02. The van der Waals surface area contributed by atoms with Gasteiger partial charge in [0.25, 0.3) is 10.1 Å². The van der Waals surface area contributed by atoms with E-state index in [0.29, 0.717) is 11.1 Å². The van der Waals surface area contributed by atoms with E-state index in [1.54, 1.807) is 37.3 Å². The lowest BCUT2D eigenvalue weighted by Crippen LogP contribution is -2.04. The van der Waals surface area contributed by atoms with Crippen molar-refractivity contribution >= 4 is 32.1 Å². The van der Waals surface area contributed by atoms with Crippen LogP contribution >= 0.6 is 11.3 Å². The van der Waals surface area contributed by atoms with E-state index >= 15 is 0 Å². The predicted octanol–water partition coefficient (Wildman–Crippen LogP) is 3.98. The van der Waals surface area contributed by atoms with E-state index in [1.165, 1.54) is 0 Å².